The van der Waals surface area contributed by atoms with Crippen LogP contribution in [0.3, 0.4) is 0 Å². The van der Waals surface area contributed by atoms with Crippen LogP contribution in [-0.2, 0) is 6.54 Å². The molecule has 2 atom stereocenters. The average molecular weight is 308 g/mol. The van der Waals surface area contributed by atoms with Crippen LogP contribution in [0.4, 0.5) is 5.69 Å². The van der Waals surface area contributed by atoms with Crippen molar-refractivity contribution < 1.29 is 9.84 Å². The number of para-hydroxylation sites is 1. The summed E-state index contributed by atoms with van der Waals surface area (Å²) >= 11 is 0. The zero-order valence-electron chi connectivity index (χ0n) is 13.1. The van der Waals surface area contributed by atoms with E-state index in [0.29, 0.717) is 13.0 Å². The molecule has 4 heteroatoms. The lowest BCUT2D eigenvalue weighted by atomic mass is 9.90. The minimum atomic E-state index is -0.639. The number of ether oxygens (including phenoxy) is 1. The molecule has 23 heavy (non-hydrogen) atoms. The zero-order chi connectivity index (χ0) is 16.2. The molecule has 1 aliphatic heterocycles. The number of aliphatic hydroxyl groups excluding tert-OH is 1. The van der Waals surface area contributed by atoms with E-state index in [1.807, 2.05) is 43.4 Å². The van der Waals surface area contributed by atoms with Gasteiger partial charge in [0.25, 0.3) is 0 Å². The van der Waals surface area contributed by atoms with Crippen molar-refractivity contribution in [1.29, 1.82) is 5.26 Å². The van der Waals surface area contributed by atoms with E-state index in [4.69, 9.17) is 10.00 Å². The summed E-state index contributed by atoms with van der Waals surface area (Å²) in [6, 6.07) is 18.2. The molecule has 1 aliphatic rings. The molecule has 0 unspecified atom stereocenters. The number of rotatable bonds is 4. The summed E-state index contributed by atoms with van der Waals surface area (Å²) < 4.78 is 5.68. The summed E-state index contributed by atoms with van der Waals surface area (Å²) in [5.41, 5.74) is 3.04. The molecule has 3 rings (SSSR count). The first-order valence-corrected chi connectivity index (χ1v) is 7.76. The minimum absolute atomic E-state index is 0.158. The molecule has 118 valence electrons. The topological polar surface area (TPSA) is 56.5 Å². The Morgan fingerprint density at radius 1 is 1.26 bits per heavy atom. The number of hydrogen-bond acceptors (Lipinski definition) is 4. The molecule has 0 fully saturated rings. The fraction of sp³-hybridized carbons (Fsp3) is 0.316. The Bertz CT molecular complexity index is 709. The lowest BCUT2D eigenvalue weighted by molar-refractivity contribution is 0.0529. The zero-order valence-corrected chi connectivity index (χ0v) is 13.1. The highest BCUT2D eigenvalue weighted by molar-refractivity contribution is 5.47. The molecule has 2 aromatic carbocycles. The van der Waals surface area contributed by atoms with Crippen molar-refractivity contribution in [1.82, 2.24) is 0 Å². The third-order valence-electron chi connectivity index (χ3n) is 4.26. The van der Waals surface area contributed by atoms with Gasteiger partial charge in [-0.15, -0.1) is 0 Å². The summed E-state index contributed by atoms with van der Waals surface area (Å²) in [5.74, 6) is 0.562. The molecule has 0 aliphatic carbocycles. The molecule has 0 aromatic heterocycles. The second kappa shape index (κ2) is 6.72. The van der Waals surface area contributed by atoms with Gasteiger partial charge in [0.2, 0.25) is 0 Å². The van der Waals surface area contributed by atoms with E-state index in [0.717, 1.165) is 29.1 Å². The van der Waals surface area contributed by atoms with Gasteiger partial charge in [0, 0.05) is 37.2 Å². The van der Waals surface area contributed by atoms with E-state index >= 15 is 0 Å². The minimum Gasteiger partial charge on any atom is -0.493 e. The predicted octanol–water partition coefficient (Wildman–Crippen LogP) is 3.28. The molecule has 0 saturated carbocycles. The highest BCUT2D eigenvalue weighted by Crippen LogP contribution is 2.37. The maximum absolute atomic E-state index is 10.5. The van der Waals surface area contributed by atoms with Crippen molar-refractivity contribution in [2.24, 2.45) is 5.92 Å². The highest BCUT2D eigenvalue weighted by atomic mass is 16.5. The van der Waals surface area contributed by atoms with Gasteiger partial charge in [-0.3, -0.25) is 0 Å². The smallest absolute Gasteiger partial charge is 0.125 e. The predicted molar refractivity (Wildman–Crippen MR) is 89.2 cm³/mol. The summed E-state index contributed by atoms with van der Waals surface area (Å²) in [5, 5.41) is 19.3. The SMILES string of the molecule is CN(Cc1ccc2c(c1)[C@H](O)[C@H](CC#N)CO2)c1ccccc1. The van der Waals surface area contributed by atoms with E-state index in [1.54, 1.807) is 0 Å². The van der Waals surface area contributed by atoms with Crippen LogP contribution in [0, 0.1) is 17.2 Å². The van der Waals surface area contributed by atoms with Crippen LogP contribution >= 0.6 is 0 Å². The normalized spacial score (nSPS) is 19.3. The number of benzene rings is 2. The van der Waals surface area contributed by atoms with Crippen LogP contribution in [0.5, 0.6) is 5.75 Å². The second-order valence-corrected chi connectivity index (χ2v) is 5.94. The Balaban J connectivity index is 1.79. The maximum Gasteiger partial charge on any atom is 0.125 e. The first-order valence-electron chi connectivity index (χ1n) is 7.76. The van der Waals surface area contributed by atoms with Crippen molar-refractivity contribution in [2.45, 2.75) is 19.1 Å². The van der Waals surface area contributed by atoms with E-state index in [9.17, 15) is 5.11 Å². The molecule has 0 bridgehead atoms. The molecule has 0 amide bonds. The Hall–Kier alpha value is -2.51. The van der Waals surface area contributed by atoms with Gasteiger partial charge in [-0.2, -0.15) is 5.26 Å². The number of nitrogens with zero attached hydrogens (tertiary/aromatic N) is 2. The van der Waals surface area contributed by atoms with Crippen LogP contribution in [-0.4, -0.2) is 18.8 Å². The summed E-state index contributed by atoms with van der Waals surface area (Å²) in [4.78, 5) is 2.16. The number of aliphatic hydroxyl groups is 1. The second-order valence-electron chi connectivity index (χ2n) is 5.94. The highest BCUT2D eigenvalue weighted by Gasteiger charge is 2.29. The van der Waals surface area contributed by atoms with Crippen LogP contribution in [0.15, 0.2) is 48.5 Å². The summed E-state index contributed by atoms with van der Waals surface area (Å²) in [7, 11) is 2.04. The number of nitriles is 1. The molecule has 4 nitrogen and oxygen atoms in total. The van der Waals surface area contributed by atoms with Gasteiger partial charge in [0.05, 0.1) is 18.8 Å². The van der Waals surface area contributed by atoms with Crippen LogP contribution in [0.2, 0.25) is 0 Å². The number of fused-ring (bicyclic) bond motifs is 1. The van der Waals surface area contributed by atoms with Crippen LogP contribution < -0.4 is 9.64 Å². The van der Waals surface area contributed by atoms with E-state index in [2.05, 4.69) is 23.1 Å². The first-order chi connectivity index (χ1) is 11.2. The molecule has 1 N–H and O–H groups in total. The molecule has 0 radical (unpaired) electrons. The molecule has 1 heterocycles. The fourth-order valence-corrected chi connectivity index (χ4v) is 2.94. The van der Waals surface area contributed by atoms with Crippen molar-refractivity contribution in [3.8, 4) is 11.8 Å². The Kier molecular flexibility index (Phi) is 4.50. The molecular weight excluding hydrogens is 288 g/mol. The van der Waals surface area contributed by atoms with Crippen molar-refractivity contribution >= 4 is 5.69 Å². The van der Waals surface area contributed by atoms with E-state index in [1.165, 1.54) is 0 Å². The standard InChI is InChI=1S/C19H20N2O2/c1-21(16-5-3-2-4-6-16)12-14-7-8-18-17(11-14)19(22)15(9-10-20)13-23-18/h2-8,11,15,19,22H,9,12-13H2,1H3/t15-,19-/m1/s1. The lowest BCUT2D eigenvalue weighted by Gasteiger charge is -2.29. The first kappa shape index (κ1) is 15.4. The van der Waals surface area contributed by atoms with Crippen molar-refractivity contribution in [3.05, 3.63) is 59.7 Å². The molecular formula is C19H20N2O2. The third-order valence-corrected chi connectivity index (χ3v) is 4.26. The van der Waals surface area contributed by atoms with Gasteiger partial charge in [-0.05, 0) is 29.8 Å². The van der Waals surface area contributed by atoms with Gasteiger partial charge in [-0.1, -0.05) is 24.3 Å². The van der Waals surface area contributed by atoms with Crippen molar-refractivity contribution in [2.75, 3.05) is 18.6 Å². The monoisotopic (exact) mass is 308 g/mol. The Morgan fingerprint density at radius 2 is 2.04 bits per heavy atom. The number of anilines is 1. The Morgan fingerprint density at radius 3 is 2.78 bits per heavy atom. The van der Waals surface area contributed by atoms with Gasteiger partial charge in [0.1, 0.15) is 5.75 Å². The fourth-order valence-electron chi connectivity index (χ4n) is 2.94. The molecule has 2 aromatic rings. The van der Waals surface area contributed by atoms with Gasteiger partial charge in [-0.25, -0.2) is 0 Å². The Labute approximate surface area is 136 Å². The van der Waals surface area contributed by atoms with E-state index < -0.39 is 6.10 Å². The van der Waals surface area contributed by atoms with Crippen molar-refractivity contribution in [3.63, 3.8) is 0 Å². The molecule has 0 spiro atoms. The third kappa shape index (κ3) is 3.30. The largest absolute Gasteiger partial charge is 0.493 e. The van der Waals surface area contributed by atoms with Gasteiger partial charge in [0.15, 0.2) is 0 Å². The van der Waals surface area contributed by atoms with Crippen LogP contribution in [0.25, 0.3) is 0 Å². The van der Waals surface area contributed by atoms with Gasteiger partial charge >= 0.3 is 0 Å². The van der Waals surface area contributed by atoms with Crippen LogP contribution in [0.1, 0.15) is 23.7 Å². The number of hydrogen-bond donors (Lipinski definition) is 1. The maximum atomic E-state index is 10.5. The lowest BCUT2D eigenvalue weighted by Crippen LogP contribution is -2.26. The average Bonchev–Trinajstić information content (AvgIpc) is 2.59. The quantitative estimate of drug-likeness (QED) is 0.941. The van der Waals surface area contributed by atoms with E-state index in [-0.39, 0.29) is 5.92 Å². The summed E-state index contributed by atoms with van der Waals surface area (Å²) in [6.07, 6.45) is -0.338. The van der Waals surface area contributed by atoms with Gasteiger partial charge < -0.3 is 14.7 Å². The molecule has 0 saturated heterocycles. The summed E-state index contributed by atoms with van der Waals surface area (Å²) in [6.45, 7) is 1.14.